The zero-order valence-electron chi connectivity index (χ0n) is 12.1. The summed E-state index contributed by atoms with van der Waals surface area (Å²) < 4.78 is 10.4. The van der Waals surface area contributed by atoms with Gasteiger partial charge in [-0.05, 0) is 47.9 Å². The second kappa shape index (κ2) is 6.03. The third-order valence-electron chi connectivity index (χ3n) is 3.43. The summed E-state index contributed by atoms with van der Waals surface area (Å²) in [6.45, 7) is 0. The molecule has 22 heavy (non-hydrogen) atoms. The molecule has 3 aromatic rings. The van der Waals surface area contributed by atoms with Gasteiger partial charge < -0.3 is 9.47 Å². The molecule has 0 N–H and O–H groups in total. The normalized spacial score (nSPS) is 10.7. The van der Waals surface area contributed by atoms with Crippen molar-refractivity contribution >= 4 is 34.0 Å². The number of halogens is 2. The highest BCUT2D eigenvalue weighted by atomic mass is 35.5. The number of pyridine rings is 1. The van der Waals surface area contributed by atoms with E-state index in [9.17, 15) is 0 Å². The summed E-state index contributed by atoms with van der Waals surface area (Å²) >= 11 is 12.4. The molecule has 0 fully saturated rings. The van der Waals surface area contributed by atoms with Crippen LogP contribution in [0.3, 0.4) is 0 Å². The molecule has 0 radical (unpaired) electrons. The average Bonchev–Trinajstić information content (AvgIpc) is 2.53. The molecule has 5 heteroatoms. The third kappa shape index (κ3) is 2.70. The molecule has 1 heterocycles. The summed E-state index contributed by atoms with van der Waals surface area (Å²) in [6, 6.07) is 13.1. The second-order valence-corrected chi connectivity index (χ2v) is 5.52. The Hall–Kier alpha value is -1.97. The molecule has 0 amide bonds. The van der Waals surface area contributed by atoms with Crippen LogP contribution in [0.5, 0.6) is 11.5 Å². The fourth-order valence-electron chi connectivity index (χ4n) is 2.36. The van der Waals surface area contributed by atoms with E-state index >= 15 is 0 Å². The SMILES string of the molecule is COc1ccc2c(-c3ccc(OC)c(Cl)c3)nc(Cl)cc2c1. The van der Waals surface area contributed by atoms with E-state index in [0.717, 1.165) is 27.8 Å². The molecule has 0 saturated heterocycles. The summed E-state index contributed by atoms with van der Waals surface area (Å²) in [4.78, 5) is 4.45. The Balaban J connectivity index is 2.23. The van der Waals surface area contributed by atoms with Gasteiger partial charge in [-0.1, -0.05) is 23.2 Å². The average molecular weight is 334 g/mol. The van der Waals surface area contributed by atoms with E-state index < -0.39 is 0 Å². The minimum Gasteiger partial charge on any atom is -0.497 e. The smallest absolute Gasteiger partial charge is 0.137 e. The summed E-state index contributed by atoms with van der Waals surface area (Å²) in [7, 11) is 3.22. The Morgan fingerprint density at radius 1 is 0.909 bits per heavy atom. The molecule has 0 atom stereocenters. The summed E-state index contributed by atoms with van der Waals surface area (Å²) in [6.07, 6.45) is 0. The van der Waals surface area contributed by atoms with Crippen LogP contribution in [0.4, 0.5) is 0 Å². The largest absolute Gasteiger partial charge is 0.497 e. The van der Waals surface area contributed by atoms with Crippen molar-refractivity contribution in [2.24, 2.45) is 0 Å². The highest BCUT2D eigenvalue weighted by molar-refractivity contribution is 6.32. The van der Waals surface area contributed by atoms with E-state index in [1.807, 2.05) is 42.5 Å². The molecule has 0 aliphatic rings. The first kappa shape index (κ1) is 14.9. The second-order valence-electron chi connectivity index (χ2n) is 4.73. The summed E-state index contributed by atoms with van der Waals surface area (Å²) in [5.74, 6) is 1.40. The Morgan fingerprint density at radius 2 is 1.73 bits per heavy atom. The Labute approximate surface area is 138 Å². The van der Waals surface area contributed by atoms with E-state index in [1.54, 1.807) is 14.2 Å². The van der Waals surface area contributed by atoms with Crippen LogP contribution in [0.15, 0.2) is 42.5 Å². The maximum Gasteiger partial charge on any atom is 0.137 e. The van der Waals surface area contributed by atoms with Gasteiger partial charge in [-0.3, -0.25) is 0 Å². The van der Waals surface area contributed by atoms with E-state index in [0.29, 0.717) is 15.9 Å². The minimum absolute atomic E-state index is 0.419. The first-order valence-electron chi connectivity index (χ1n) is 6.60. The Morgan fingerprint density at radius 3 is 2.41 bits per heavy atom. The topological polar surface area (TPSA) is 31.4 Å². The van der Waals surface area contributed by atoms with Crippen LogP contribution in [-0.2, 0) is 0 Å². The lowest BCUT2D eigenvalue weighted by molar-refractivity contribution is 0.415. The van der Waals surface area contributed by atoms with Crippen molar-refractivity contribution in [3.8, 4) is 22.8 Å². The van der Waals surface area contributed by atoms with Gasteiger partial charge in [0, 0.05) is 10.9 Å². The quantitative estimate of drug-likeness (QED) is 0.615. The minimum atomic E-state index is 0.419. The first-order chi connectivity index (χ1) is 10.6. The van der Waals surface area contributed by atoms with Gasteiger partial charge >= 0.3 is 0 Å². The predicted molar refractivity (Wildman–Crippen MR) is 90.3 cm³/mol. The summed E-state index contributed by atoms with van der Waals surface area (Å²) in [5, 5.41) is 2.89. The van der Waals surface area contributed by atoms with Crippen LogP contribution in [0.2, 0.25) is 10.2 Å². The number of benzene rings is 2. The number of hydrogen-bond acceptors (Lipinski definition) is 3. The molecule has 0 saturated carbocycles. The lowest BCUT2D eigenvalue weighted by atomic mass is 10.0. The van der Waals surface area contributed by atoms with Crippen LogP contribution < -0.4 is 9.47 Å². The Bertz CT molecular complexity index is 849. The number of hydrogen-bond donors (Lipinski definition) is 0. The number of aromatic nitrogens is 1. The molecular weight excluding hydrogens is 321 g/mol. The molecule has 3 rings (SSSR count). The number of ether oxygens (including phenoxy) is 2. The lowest BCUT2D eigenvalue weighted by Crippen LogP contribution is -1.90. The molecule has 0 aliphatic heterocycles. The van der Waals surface area contributed by atoms with Crippen LogP contribution in [-0.4, -0.2) is 19.2 Å². The van der Waals surface area contributed by atoms with Crippen molar-refractivity contribution in [1.29, 1.82) is 0 Å². The first-order valence-corrected chi connectivity index (χ1v) is 7.36. The zero-order chi connectivity index (χ0) is 15.7. The number of rotatable bonds is 3. The van der Waals surface area contributed by atoms with Gasteiger partial charge in [-0.15, -0.1) is 0 Å². The third-order valence-corrected chi connectivity index (χ3v) is 3.92. The molecule has 1 aromatic heterocycles. The van der Waals surface area contributed by atoms with Gasteiger partial charge in [0.1, 0.15) is 16.7 Å². The van der Waals surface area contributed by atoms with Gasteiger partial charge in [0.2, 0.25) is 0 Å². The standard InChI is InChI=1S/C17H13Cl2NO2/c1-21-12-4-5-13-11(7-12)9-16(19)20-17(13)10-3-6-15(22-2)14(18)8-10/h3-9H,1-2H3. The van der Waals surface area contributed by atoms with Gasteiger partial charge in [-0.2, -0.15) is 0 Å². The Kier molecular flexibility index (Phi) is 4.10. The molecule has 0 bridgehead atoms. The predicted octanol–water partition coefficient (Wildman–Crippen LogP) is 5.23. The van der Waals surface area contributed by atoms with Crippen LogP contribution >= 0.6 is 23.2 Å². The van der Waals surface area contributed by atoms with Crippen molar-refractivity contribution in [2.45, 2.75) is 0 Å². The van der Waals surface area contributed by atoms with E-state index in [4.69, 9.17) is 32.7 Å². The molecule has 0 unspecified atom stereocenters. The van der Waals surface area contributed by atoms with Crippen LogP contribution in [0.25, 0.3) is 22.0 Å². The van der Waals surface area contributed by atoms with Gasteiger partial charge in [-0.25, -0.2) is 4.98 Å². The van der Waals surface area contributed by atoms with E-state index in [1.165, 1.54) is 0 Å². The number of fused-ring (bicyclic) bond motifs is 1. The molecule has 3 nitrogen and oxygen atoms in total. The highest BCUT2D eigenvalue weighted by Crippen LogP contribution is 2.35. The molecule has 0 spiro atoms. The zero-order valence-corrected chi connectivity index (χ0v) is 13.6. The maximum atomic E-state index is 6.21. The monoisotopic (exact) mass is 333 g/mol. The van der Waals surface area contributed by atoms with Gasteiger partial charge in [0.05, 0.1) is 24.9 Å². The van der Waals surface area contributed by atoms with Crippen molar-refractivity contribution in [2.75, 3.05) is 14.2 Å². The lowest BCUT2D eigenvalue weighted by Gasteiger charge is -2.10. The van der Waals surface area contributed by atoms with Gasteiger partial charge in [0.25, 0.3) is 0 Å². The molecular formula is C17H13Cl2NO2. The molecule has 112 valence electrons. The molecule has 0 aliphatic carbocycles. The van der Waals surface area contributed by atoms with Crippen LogP contribution in [0.1, 0.15) is 0 Å². The van der Waals surface area contributed by atoms with E-state index in [2.05, 4.69) is 4.98 Å². The van der Waals surface area contributed by atoms with Crippen molar-refractivity contribution in [3.63, 3.8) is 0 Å². The highest BCUT2D eigenvalue weighted by Gasteiger charge is 2.11. The fraction of sp³-hybridized carbons (Fsp3) is 0.118. The van der Waals surface area contributed by atoms with Crippen molar-refractivity contribution in [3.05, 3.63) is 52.6 Å². The van der Waals surface area contributed by atoms with E-state index in [-0.39, 0.29) is 0 Å². The van der Waals surface area contributed by atoms with Gasteiger partial charge in [0.15, 0.2) is 0 Å². The maximum absolute atomic E-state index is 6.21. The fourth-order valence-corrected chi connectivity index (χ4v) is 2.82. The summed E-state index contributed by atoms with van der Waals surface area (Å²) in [5.41, 5.74) is 1.65. The molecule has 2 aromatic carbocycles. The van der Waals surface area contributed by atoms with Crippen LogP contribution in [0, 0.1) is 0 Å². The number of methoxy groups -OCH3 is 2. The van der Waals surface area contributed by atoms with Crippen molar-refractivity contribution in [1.82, 2.24) is 4.98 Å². The number of nitrogens with zero attached hydrogens (tertiary/aromatic N) is 1. The van der Waals surface area contributed by atoms with Crippen molar-refractivity contribution < 1.29 is 9.47 Å².